The second-order valence-electron chi connectivity index (χ2n) is 5.06. The van der Waals surface area contributed by atoms with Crippen LogP contribution in [0.3, 0.4) is 0 Å². The Balaban J connectivity index is 2.36. The Morgan fingerprint density at radius 1 is 1.15 bits per heavy atom. The van der Waals surface area contributed by atoms with Gasteiger partial charge in [0.1, 0.15) is 12.4 Å². The third kappa shape index (κ3) is 3.22. The van der Waals surface area contributed by atoms with Gasteiger partial charge in [-0.1, -0.05) is 30.3 Å². The van der Waals surface area contributed by atoms with Crippen molar-refractivity contribution in [3.63, 3.8) is 0 Å². The molecule has 0 aliphatic heterocycles. The average molecular weight is 273 g/mol. The molecule has 0 saturated carbocycles. The molecule has 0 unspecified atom stereocenters. The first kappa shape index (κ1) is 14.2. The van der Waals surface area contributed by atoms with Crippen LogP contribution in [0.25, 0.3) is 11.1 Å². The molecule has 0 spiro atoms. The summed E-state index contributed by atoms with van der Waals surface area (Å²) in [6.07, 6.45) is 0. The third-order valence-corrected chi connectivity index (χ3v) is 3.02. The Bertz CT molecular complexity index is 621. The lowest BCUT2D eigenvalue weighted by Gasteiger charge is -2.10. The molecule has 3 nitrogen and oxygen atoms in total. The minimum Gasteiger partial charge on any atom is -0.545 e. The van der Waals surface area contributed by atoms with E-state index in [9.17, 15) is 14.3 Å². The first-order valence-electron chi connectivity index (χ1n) is 6.36. The van der Waals surface area contributed by atoms with Crippen molar-refractivity contribution in [3.8, 4) is 11.1 Å². The van der Waals surface area contributed by atoms with Crippen molar-refractivity contribution in [3.05, 3.63) is 59.4 Å². The van der Waals surface area contributed by atoms with E-state index in [0.717, 1.165) is 18.2 Å². The molecule has 104 valence electrons. The van der Waals surface area contributed by atoms with E-state index in [1.165, 1.54) is 17.0 Å². The number of carboxylic acid groups (broad SMARTS) is 1. The minimum absolute atomic E-state index is 0.0248. The fraction of sp³-hybridized carbons (Fsp3) is 0.188. The molecule has 2 aromatic carbocycles. The first-order valence-corrected chi connectivity index (χ1v) is 6.36. The van der Waals surface area contributed by atoms with Crippen LogP contribution in [-0.4, -0.2) is 20.1 Å². The lowest BCUT2D eigenvalue weighted by molar-refractivity contribution is -0.872. The van der Waals surface area contributed by atoms with Crippen LogP contribution in [0.5, 0.6) is 0 Å². The van der Waals surface area contributed by atoms with E-state index in [-0.39, 0.29) is 11.1 Å². The van der Waals surface area contributed by atoms with Crippen molar-refractivity contribution >= 4 is 5.97 Å². The molecule has 0 amide bonds. The van der Waals surface area contributed by atoms with Gasteiger partial charge in [-0.25, -0.2) is 4.39 Å². The Hall–Kier alpha value is -2.20. The molecule has 1 N–H and O–H groups in total. The normalized spacial score (nSPS) is 10.8. The molecule has 2 aromatic rings. The van der Waals surface area contributed by atoms with Gasteiger partial charge in [0.25, 0.3) is 0 Å². The lowest BCUT2D eigenvalue weighted by Crippen LogP contribution is -3.04. The maximum Gasteiger partial charge on any atom is 0.131 e. The first-order chi connectivity index (χ1) is 9.47. The van der Waals surface area contributed by atoms with E-state index in [2.05, 4.69) is 14.1 Å². The van der Waals surface area contributed by atoms with Gasteiger partial charge in [-0.2, -0.15) is 0 Å². The summed E-state index contributed by atoms with van der Waals surface area (Å²) in [5.41, 5.74) is 2.05. The Morgan fingerprint density at radius 3 is 2.35 bits per heavy atom. The highest BCUT2D eigenvalue weighted by Gasteiger charge is 2.07. The van der Waals surface area contributed by atoms with Crippen molar-refractivity contribution in [2.75, 3.05) is 14.1 Å². The summed E-state index contributed by atoms with van der Waals surface area (Å²) in [7, 11) is 4.10. The highest BCUT2D eigenvalue weighted by Crippen LogP contribution is 2.24. The number of carbonyl (C=O) groups excluding carboxylic acids is 1. The maximum atomic E-state index is 13.8. The Morgan fingerprint density at radius 2 is 1.80 bits per heavy atom. The minimum atomic E-state index is -1.31. The SMILES string of the molecule is C[NH+](C)Cc1ccc(-c2cc(C(=O)[O-])ccc2F)cc1. The van der Waals surface area contributed by atoms with Crippen LogP contribution in [0.2, 0.25) is 0 Å². The third-order valence-electron chi connectivity index (χ3n) is 3.02. The number of rotatable bonds is 4. The van der Waals surface area contributed by atoms with Crippen LogP contribution in [-0.2, 0) is 6.54 Å². The molecule has 0 radical (unpaired) electrons. The topological polar surface area (TPSA) is 44.6 Å². The van der Waals surface area contributed by atoms with Gasteiger partial charge >= 0.3 is 0 Å². The molecule has 0 atom stereocenters. The van der Waals surface area contributed by atoms with Crippen LogP contribution in [0.1, 0.15) is 15.9 Å². The fourth-order valence-corrected chi connectivity index (χ4v) is 2.08. The smallest absolute Gasteiger partial charge is 0.131 e. The largest absolute Gasteiger partial charge is 0.545 e. The van der Waals surface area contributed by atoms with Gasteiger partial charge in [0.05, 0.1) is 20.1 Å². The van der Waals surface area contributed by atoms with E-state index in [1.807, 2.05) is 12.1 Å². The highest BCUT2D eigenvalue weighted by molar-refractivity contribution is 5.87. The summed E-state index contributed by atoms with van der Waals surface area (Å²) in [5, 5.41) is 10.8. The highest BCUT2D eigenvalue weighted by atomic mass is 19.1. The van der Waals surface area contributed by atoms with Crippen LogP contribution in [0, 0.1) is 5.82 Å². The summed E-state index contributed by atoms with van der Waals surface area (Å²) in [4.78, 5) is 12.1. The second-order valence-corrected chi connectivity index (χ2v) is 5.06. The van der Waals surface area contributed by atoms with Crippen LogP contribution in [0.15, 0.2) is 42.5 Å². The maximum absolute atomic E-state index is 13.8. The van der Waals surface area contributed by atoms with Crippen LogP contribution in [0.4, 0.5) is 4.39 Å². The van der Waals surface area contributed by atoms with Crippen molar-refractivity contribution < 1.29 is 19.2 Å². The molecule has 0 aliphatic rings. The van der Waals surface area contributed by atoms with E-state index >= 15 is 0 Å². The lowest BCUT2D eigenvalue weighted by atomic mass is 10.0. The fourth-order valence-electron chi connectivity index (χ4n) is 2.08. The monoisotopic (exact) mass is 273 g/mol. The van der Waals surface area contributed by atoms with Gasteiger partial charge in [-0.3, -0.25) is 0 Å². The molecule has 0 saturated heterocycles. The standard InChI is InChI=1S/C16H16FNO2/c1-18(2)10-11-3-5-12(6-4-11)14-9-13(16(19)20)7-8-15(14)17/h3-9H,10H2,1-2H3,(H,19,20). The molecular formula is C16H16FNO2. The molecule has 20 heavy (non-hydrogen) atoms. The van der Waals surface area contributed by atoms with Crippen molar-refractivity contribution in [1.29, 1.82) is 0 Å². The summed E-state index contributed by atoms with van der Waals surface area (Å²) in [6.45, 7) is 0.877. The zero-order valence-electron chi connectivity index (χ0n) is 11.4. The summed E-state index contributed by atoms with van der Waals surface area (Å²) < 4.78 is 13.8. The molecular weight excluding hydrogens is 257 g/mol. The van der Waals surface area contributed by atoms with Gasteiger partial charge in [0, 0.05) is 11.1 Å². The van der Waals surface area contributed by atoms with E-state index in [0.29, 0.717) is 5.56 Å². The van der Waals surface area contributed by atoms with Gasteiger partial charge in [0.2, 0.25) is 0 Å². The number of hydrogen-bond acceptors (Lipinski definition) is 2. The zero-order chi connectivity index (χ0) is 14.7. The number of aromatic carboxylic acids is 1. The molecule has 0 fully saturated rings. The van der Waals surface area contributed by atoms with E-state index < -0.39 is 11.8 Å². The van der Waals surface area contributed by atoms with Crippen LogP contribution < -0.4 is 10.0 Å². The van der Waals surface area contributed by atoms with E-state index in [1.54, 1.807) is 12.1 Å². The summed E-state index contributed by atoms with van der Waals surface area (Å²) in [6, 6.07) is 11.1. The van der Waals surface area contributed by atoms with Gasteiger partial charge in [-0.05, 0) is 23.3 Å². The molecule has 0 bridgehead atoms. The molecule has 0 heterocycles. The Kier molecular flexibility index (Phi) is 4.15. The van der Waals surface area contributed by atoms with Crippen molar-refractivity contribution in [2.45, 2.75) is 6.54 Å². The molecule has 0 aromatic heterocycles. The van der Waals surface area contributed by atoms with Gasteiger partial charge < -0.3 is 14.8 Å². The Labute approximate surface area is 117 Å². The number of benzene rings is 2. The number of quaternary nitrogens is 1. The predicted molar refractivity (Wildman–Crippen MR) is 72.7 cm³/mol. The number of carbonyl (C=O) groups is 1. The predicted octanol–water partition coefficient (Wildman–Crippen LogP) is 0.501. The second kappa shape index (κ2) is 5.84. The van der Waals surface area contributed by atoms with Gasteiger partial charge in [0.15, 0.2) is 0 Å². The van der Waals surface area contributed by atoms with Crippen molar-refractivity contribution in [2.24, 2.45) is 0 Å². The quantitative estimate of drug-likeness (QED) is 0.881. The molecule has 4 heteroatoms. The molecule has 0 aliphatic carbocycles. The average Bonchev–Trinajstić information content (AvgIpc) is 2.39. The number of nitrogens with one attached hydrogen (secondary N) is 1. The zero-order valence-corrected chi connectivity index (χ0v) is 11.4. The summed E-state index contributed by atoms with van der Waals surface area (Å²) >= 11 is 0. The number of carboxylic acids is 1. The van der Waals surface area contributed by atoms with Gasteiger partial charge in [-0.15, -0.1) is 0 Å². The number of halogens is 1. The summed E-state index contributed by atoms with van der Waals surface area (Å²) in [5.74, 6) is -1.75. The van der Waals surface area contributed by atoms with E-state index in [4.69, 9.17) is 0 Å². The van der Waals surface area contributed by atoms with Crippen LogP contribution >= 0.6 is 0 Å². The number of hydrogen-bond donors (Lipinski definition) is 1. The molecule has 2 rings (SSSR count). The van der Waals surface area contributed by atoms with Crippen molar-refractivity contribution in [1.82, 2.24) is 0 Å².